The third-order valence-corrected chi connectivity index (χ3v) is 5.60. The molecule has 2 fully saturated rings. The second-order valence-electron chi connectivity index (χ2n) is 7.63. The number of nitrogens with zero attached hydrogens (tertiary/aromatic N) is 2. The summed E-state index contributed by atoms with van der Waals surface area (Å²) in [5, 5.41) is 10.0. The molecule has 1 aliphatic heterocycles. The monoisotopic (exact) mass is 372 g/mol. The number of hydrogen-bond acceptors (Lipinski definition) is 4. The first kappa shape index (κ1) is 17.6. The van der Waals surface area contributed by atoms with Crippen LogP contribution in [0.5, 0.6) is 0 Å². The van der Waals surface area contributed by atoms with E-state index in [1.54, 1.807) is 23.1 Å². The molecule has 0 spiro atoms. The Balaban J connectivity index is 1.46. The van der Waals surface area contributed by atoms with E-state index < -0.39 is 17.6 Å². The molecule has 27 heavy (non-hydrogen) atoms. The molecule has 2 N–H and O–H groups in total. The van der Waals surface area contributed by atoms with Gasteiger partial charge in [0.1, 0.15) is 6.17 Å². The second kappa shape index (κ2) is 6.44. The number of hydrogen-bond donors (Lipinski definition) is 2. The van der Waals surface area contributed by atoms with Gasteiger partial charge in [-0.1, -0.05) is 0 Å². The molecule has 2 aromatic rings. The minimum atomic E-state index is -1.02. The summed E-state index contributed by atoms with van der Waals surface area (Å²) < 4.78 is 13.3. The minimum Gasteiger partial charge on any atom is -0.350 e. The maximum atomic E-state index is 13.3. The van der Waals surface area contributed by atoms with Crippen molar-refractivity contribution in [3.8, 4) is 0 Å². The fourth-order valence-corrected chi connectivity index (χ4v) is 3.81. The van der Waals surface area contributed by atoms with Crippen molar-refractivity contribution >= 4 is 22.6 Å². The van der Waals surface area contributed by atoms with Gasteiger partial charge in [0, 0.05) is 24.0 Å². The molecule has 142 valence electrons. The first-order chi connectivity index (χ1) is 12.9. The number of aromatic amines is 1. The first-order valence-electron chi connectivity index (χ1n) is 9.10. The number of aromatic nitrogens is 2. The molecule has 2 aliphatic rings. The average molecular weight is 372 g/mol. The number of H-pyrrole nitrogens is 1. The van der Waals surface area contributed by atoms with Crippen LogP contribution in [0.25, 0.3) is 10.8 Å². The number of likely N-dealkylation sites (tertiary alicyclic amines) is 1. The largest absolute Gasteiger partial charge is 0.350 e. The van der Waals surface area contributed by atoms with Gasteiger partial charge in [0.2, 0.25) is 5.91 Å². The highest BCUT2D eigenvalue weighted by molar-refractivity contribution is 5.98. The highest BCUT2D eigenvalue weighted by Crippen LogP contribution is 2.39. The van der Waals surface area contributed by atoms with Crippen LogP contribution in [-0.4, -0.2) is 51.7 Å². The molecular weight excluding hydrogens is 351 g/mol. The summed E-state index contributed by atoms with van der Waals surface area (Å²) in [4.78, 5) is 38.5. The molecule has 4 rings (SSSR count). The predicted molar refractivity (Wildman–Crippen MR) is 97.1 cm³/mol. The van der Waals surface area contributed by atoms with E-state index in [4.69, 9.17) is 0 Å². The molecule has 1 saturated carbocycles. The topological polar surface area (TPSA) is 95.2 Å². The smallest absolute Gasteiger partial charge is 0.272 e. The van der Waals surface area contributed by atoms with Gasteiger partial charge in [0.05, 0.1) is 23.0 Å². The van der Waals surface area contributed by atoms with Gasteiger partial charge in [0.25, 0.3) is 11.5 Å². The number of carbonyl (C=O) groups excluding carboxylic acids is 2. The van der Waals surface area contributed by atoms with Gasteiger partial charge < -0.3 is 10.2 Å². The summed E-state index contributed by atoms with van der Waals surface area (Å²) in [7, 11) is 0. The Morgan fingerprint density at radius 1 is 1.44 bits per heavy atom. The number of halogens is 1. The quantitative estimate of drug-likeness (QED) is 0.848. The van der Waals surface area contributed by atoms with Gasteiger partial charge in [-0.15, -0.1) is 0 Å². The van der Waals surface area contributed by atoms with E-state index in [0.717, 1.165) is 12.8 Å². The fourth-order valence-electron chi connectivity index (χ4n) is 3.81. The number of alkyl halides is 1. The molecule has 2 amide bonds. The van der Waals surface area contributed by atoms with Gasteiger partial charge in [-0.25, -0.2) is 9.49 Å². The molecule has 3 atom stereocenters. The zero-order chi connectivity index (χ0) is 19.2. The van der Waals surface area contributed by atoms with Crippen molar-refractivity contribution < 1.29 is 14.0 Å². The Labute approximate surface area is 154 Å². The first-order valence-corrected chi connectivity index (χ1v) is 9.10. The van der Waals surface area contributed by atoms with E-state index in [-0.39, 0.29) is 17.4 Å². The van der Waals surface area contributed by atoms with Crippen LogP contribution in [0.15, 0.2) is 29.2 Å². The van der Waals surface area contributed by atoms with Crippen molar-refractivity contribution in [2.75, 3.05) is 13.1 Å². The number of amides is 2. The summed E-state index contributed by atoms with van der Waals surface area (Å²) in [6.07, 6.45) is 2.38. The van der Waals surface area contributed by atoms with Gasteiger partial charge in [0.15, 0.2) is 0 Å². The number of fused-ring (bicyclic) bond motifs is 1. The van der Waals surface area contributed by atoms with Crippen LogP contribution in [0.1, 0.15) is 36.5 Å². The lowest BCUT2D eigenvalue weighted by Crippen LogP contribution is -2.52. The molecule has 0 radical (unpaired) electrons. The van der Waals surface area contributed by atoms with Crippen molar-refractivity contribution in [2.45, 2.75) is 37.9 Å². The van der Waals surface area contributed by atoms with Crippen LogP contribution in [0.2, 0.25) is 0 Å². The molecule has 8 heteroatoms. The zero-order valence-corrected chi connectivity index (χ0v) is 15.0. The highest BCUT2D eigenvalue weighted by Gasteiger charge is 2.50. The van der Waals surface area contributed by atoms with E-state index >= 15 is 0 Å². The summed E-state index contributed by atoms with van der Waals surface area (Å²) in [5.41, 5.74) is -0.399. The Hall–Kier alpha value is -2.77. The SMILES string of the molecule is C[C@]1(CNC(=O)c2ccc3c(=O)[nH]ncc3c2)CCCN1C(=O)[C@@H]1C[C@@H]1F. The van der Waals surface area contributed by atoms with E-state index in [1.807, 2.05) is 6.92 Å². The van der Waals surface area contributed by atoms with E-state index in [0.29, 0.717) is 35.8 Å². The van der Waals surface area contributed by atoms with Gasteiger partial charge in [-0.3, -0.25) is 14.4 Å². The Kier molecular flexibility index (Phi) is 4.20. The molecular formula is C19H21FN4O3. The summed E-state index contributed by atoms with van der Waals surface area (Å²) in [5.74, 6) is -0.940. The number of carbonyl (C=O) groups is 2. The Morgan fingerprint density at radius 2 is 2.22 bits per heavy atom. The van der Waals surface area contributed by atoms with E-state index in [1.165, 1.54) is 6.20 Å². The van der Waals surface area contributed by atoms with Crippen LogP contribution in [0.3, 0.4) is 0 Å². The van der Waals surface area contributed by atoms with Crippen LogP contribution in [-0.2, 0) is 4.79 Å². The second-order valence-corrected chi connectivity index (χ2v) is 7.63. The minimum absolute atomic E-state index is 0.146. The van der Waals surface area contributed by atoms with Crippen molar-refractivity contribution in [1.82, 2.24) is 20.4 Å². The van der Waals surface area contributed by atoms with Crippen molar-refractivity contribution in [3.63, 3.8) is 0 Å². The van der Waals surface area contributed by atoms with Crippen LogP contribution < -0.4 is 10.9 Å². The van der Waals surface area contributed by atoms with Crippen LogP contribution in [0.4, 0.5) is 4.39 Å². The lowest BCUT2D eigenvalue weighted by Gasteiger charge is -2.35. The molecule has 2 heterocycles. The molecule has 0 bridgehead atoms. The third-order valence-electron chi connectivity index (χ3n) is 5.60. The standard InChI is InChI=1S/C19H21FN4O3/c1-19(5-2-6-24(19)18(27)14-8-15(14)20)10-21-16(25)11-3-4-13-12(7-11)9-22-23-17(13)26/h3-4,7,9,14-15H,2,5-6,8,10H2,1H3,(H,21,25)(H,23,26)/t14-,15+,19-/m1/s1. The summed E-state index contributed by atoms with van der Waals surface area (Å²) >= 11 is 0. The Morgan fingerprint density at radius 3 is 2.96 bits per heavy atom. The molecule has 7 nitrogen and oxygen atoms in total. The number of benzene rings is 1. The lowest BCUT2D eigenvalue weighted by molar-refractivity contribution is -0.136. The van der Waals surface area contributed by atoms with Crippen molar-refractivity contribution in [2.24, 2.45) is 5.92 Å². The molecule has 0 unspecified atom stereocenters. The Bertz CT molecular complexity index is 975. The molecule has 1 aliphatic carbocycles. The van der Waals surface area contributed by atoms with Gasteiger partial charge in [-0.2, -0.15) is 5.10 Å². The van der Waals surface area contributed by atoms with Crippen molar-refractivity contribution in [1.29, 1.82) is 0 Å². The number of nitrogens with one attached hydrogen (secondary N) is 2. The normalized spacial score (nSPS) is 27.0. The van der Waals surface area contributed by atoms with E-state index in [2.05, 4.69) is 15.5 Å². The van der Waals surface area contributed by atoms with Gasteiger partial charge in [-0.05, 0) is 44.4 Å². The van der Waals surface area contributed by atoms with Crippen molar-refractivity contribution in [3.05, 3.63) is 40.3 Å². The summed E-state index contributed by atoms with van der Waals surface area (Å²) in [6.45, 7) is 2.82. The maximum absolute atomic E-state index is 13.3. The third kappa shape index (κ3) is 3.20. The molecule has 1 saturated heterocycles. The fraction of sp³-hybridized carbons (Fsp3) is 0.474. The maximum Gasteiger partial charge on any atom is 0.272 e. The molecule has 1 aromatic carbocycles. The van der Waals surface area contributed by atoms with E-state index in [9.17, 15) is 18.8 Å². The molecule has 1 aromatic heterocycles. The predicted octanol–water partition coefficient (Wildman–Crippen LogP) is 1.39. The zero-order valence-electron chi connectivity index (χ0n) is 15.0. The average Bonchev–Trinajstić information content (AvgIpc) is 3.26. The van der Waals surface area contributed by atoms with Crippen LogP contribution in [0, 0.1) is 5.92 Å². The van der Waals surface area contributed by atoms with Crippen LogP contribution >= 0.6 is 0 Å². The number of rotatable bonds is 4. The summed E-state index contributed by atoms with van der Waals surface area (Å²) in [6, 6.07) is 4.79. The lowest BCUT2D eigenvalue weighted by atomic mass is 9.98. The van der Waals surface area contributed by atoms with Gasteiger partial charge >= 0.3 is 0 Å². The highest BCUT2D eigenvalue weighted by atomic mass is 19.1.